The molecule has 64 heavy (non-hydrogen) atoms. The molecule has 0 spiro atoms. The molecule has 304 valence electrons. The Morgan fingerprint density at radius 2 is 0.750 bits per heavy atom. The zero-order valence-electron chi connectivity index (χ0n) is 36.4. The first-order chi connectivity index (χ1) is 31.3. The lowest BCUT2D eigenvalue weighted by atomic mass is 9.82. The summed E-state index contributed by atoms with van der Waals surface area (Å²) < 4.78 is 7.21. The predicted octanol–water partition coefficient (Wildman–Crippen LogP) is 17.3. The summed E-state index contributed by atoms with van der Waals surface area (Å²) in [6.45, 7) is 9.46. The fourth-order valence-corrected chi connectivity index (χ4v) is 11.5. The molecule has 0 bridgehead atoms. The Morgan fingerprint density at radius 3 is 1.36 bits per heavy atom. The lowest BCUT2D eigenvalue weighted by molar-refractivity contribution is 0.660. The van der Waals surface area contributed by atoms with Crippen LogP contribution in [0.4, 0.5) is 17.1 Å². The molecule has 10 aromatic carbocycles. The first-order valence-electron chi connectivity index (χ1n) is 22.5. The maximum atomic E-state index is 7.21. The van der Waals surface area contributed by atoms with Gasteiger partial charge < -0.3 is 9.32 Å². The van der Waals surface area contributed by atoms with Gasteiger partial charge in [-0.15, -0.1) is 0 Å². The molecule has 0 amide bonds. The highest BCUT2D eigenvalue weighted by molar-refractivity contribution is 6.33. The van der Waals surface area contributed by atoms with Crippen molar-refractivity contribution < 1.29 is 4.42 Å². The van der Waals surface area contributed by atoms with Crippen molar-refractivity contribution in [2.45, 2.75) is 38.5 Å². The molecule has 2 heteroatoms. The van der Waals surface area contributed by atoms with Gasteiger partial charge in [0.25, 0.3) is 0 Å². The van der Waals surface area contributed by atoms with Gasteiger partial charge in [-0.3, -0.25) is 0 Å². The second-order valence-corrected chi connectivity index (χ2v) is 18.8. The van der Waals surface area contributed by atoms with E-state index in [1.807, 2.05) is 0 Å². The van der Waals surface area contributed by atoms with E-state index in [-0.39, 0.29) is 10.8 Å². The second kappa shape index (κ2) is 13.4. The summed E-state index contributed by atoms with van der Waals surface area (Å²) in [5.41, 5.74) is 20.3. The molecule has 13 rings (SSSR count). The van der Waals surface area contributed by atoms with Crippen LogP contribution in [-0.2, 0) is 10.8 Å². The monoisotopic (exact) mass is 819 g/mol. The van der Waals surface area contributed by atoms with Gasteiger partial charge >= 0.3 is 0 Å². The molecule has 1 heterocycles. The Hall–Kier alpha value is -7.68. The molecule has 2 nitrogen and oxygen atoms in total. The van der Waals surface area contributed by atoms with Crippen molar-refractivity contribution >= 4 is 60.5 Å². The third kappa shape index (κ3) is 5.14. The van der Waals surface area contributed by atoms with Gasteiger partial charge in [0.2, 0.25) is 0 Å². The van der Waals surface area contributed by atoms with Crippen molar-refractivity contribution in [2.24, 2.45) is 0 Å². The van der Waals surface area contributed by atoms with E-state index in [2.05, 4.69) is 233 Å². The van der Waals surface area contributed by atoms with Crippen molar-refractivity contribution in [3.63, 3.8) is 0 Å². The molecule has 0 aliphatic heterocycles. The van der Waals surface area contributed by atoms with Gasteiger partial charge in [0.15, 0.2) is 0 Å². The minimum atomic E-state index is -0.125. The molecule has 0 radical (unpaired) electrons. The van der Waals surface area contributed by atoms with E-state index in [1.54, 1.807) is 0 Å². The zero-order chi connectivity index (χ0) is 42.9. The highest BCUT2D eigenvalue weighted by Gasteiger charge is 2.38. The van der Waals surface area contributed by atoms with Crippen molar-refractivity contribution in [2.75, 3.05) is 4.90 Å². The van der Waals surface area contributed by atoms with Crippen LogP contribution >= 0.6 is 0 Å². The van der Waals surface area contributed by atoms with E-state index in [1.165, 1.54) is 71.8 Å². The summed E-state index contributed by atoms with van der Waals surface area (Å²) in [5.74, 6) is 0. The molecular weight excluding hydrogens is 775 g/mol. The normalized spacial score (nSPS) is 14.2. The van der Waals surface area contributed by atoms with Gasteiger partial charge in [-0.25, -0.2) is 0 Å². The third-order valence-electron chi connectivity index (χ3n) is 14.7. The highest BCUT2D eigenvalue weighted by Crippen LogP contribution is 2.54. The average Bonchev–Trinajstić information content (AvgIpc) is 3.93. The summed E-state index contributed by atoms with van der Waals surface area (Å²) in [5, 5.41) is 7.08. The van der Waals surface area contributed by atoms with E-state index in [0.717, 1.165) is 55.5 Å². The molecule has 0 N–H and O–H groups in total. The SMILES string of the molecule is CC1(C)c2ccccc2-c2ccc(N(c3ccc(-c4ccc(-c5ccccc5)c5c4oc4c6ccccc6c6ccccc6c45)cc3)c3ccc4c(c3)C(C)(C)c3ccccc3-4)cc21. The standard InChI is InChI=1S/C62H45NO/c1-61(2)53-24-14-12-20-47(53)49-32-30-41(36-55(49)61)63(42-31-33-50-48-21-13-15-25-54(48)62(3,4)56(50)37-42)40-28-26-39(27-29-40)44-35-34-43(38-16-6-5-7-17-38)57-58-51-22-10-8-18-45(51)46-19-9-11-23-52(46)60(58)64-59(44)57/h5-37H,1-4H3. The molecule has 2 aliphatic carbocycles. The fourth-order valence-electron chi connectivity index (χ4n) is 11.5. The van der Waals surface area contributed by atoms with Crippen molar-refractivity contribution in [3.05, 3.63) is 222 Å². The van der Waals surface area contributed by atoms with Gasteiger partial charge in [-0.2, -0.15) is 0 Å². The third-order valence-corrected chi connectivity index (χ3v) is 14.7. The van der Waals surface area contributed by atoms with Gasteiger partial charge in [-0.05, 0) is 120 Å². The molecule has 2 aliphatic rings. The lowest BCUT2D eigenvalue weighted by Crippen LogP contribution is -2.18. The molecule has 0 fully saturated rings. The summed E-state index contributed by atoms with van der Waals surface area (Å²) in [6, 6.07) is 73.9. The molecule has 0 saturated heterocycles. The Morgan fingerprint density at radius 1 is 0.312 bits per heavy atom. The summed E-state index contributed by atoms with van der Waals surface area (Å²) in [6.07, 6.45) is 0. The first-order valence-corrected chi connectivity index (χ1v) is 22.5. The number of fused-ring (bicyclic) bond motifs is 14. The lowest BCUT2D eigenvalue weighted by Gasteiger charge is -2.30. The van der Waals surface area contributed by atoms with Crippen molar-refractivity contribution in [1.82, 2.24) is 0 Å². The minimum Gasteiger partial charge on any atom is -0.455 e. The molecular formula is C62H45NO. The van der Waals surface area contributed by atoms with Crippen LogP contribution < -0.4 is 4.90 Å². The fraction of sp³-hybridized carbons (Fsp3) is 0.0968. The van der Waals surface area contributed by atoms with Crippen molar-refractivity contribution in [3.8, 4) is 44.5 Å². The maximum absolute atomic E-state index is 7.21. The molecule has 0 unspecified atom stereocenters. The Labute approximate surface area is 373 Å². The first kappa shape index (κ1) is 36.9. The van der Waals surface area contributed by atoms with E-state index in [0.29, 0.717) is 0 Å². The van der Waals surface area contributed by atoms with E-state index in [9.17, 15) is 0 Å². The van der Waals surface area contributed by atoms with Crippen LogP contribution in [0, 0.1) is 0 Å². The number of anilines is 3. The van der Waals surface area contributed by atoms with Gasteiger partial charge in [0.05, 0.1) is 0 Å². The van der Waals surface area contributed by atoms with Crippen LogP contribution in [0.1, 0.15) is 49.9 Å². The predicted molar refractivity (Wildman–Crippen MR) is 269 cm³/mol. The number of furan rings is 1. The number of rotatable bonds is 5. The smallest absolute Gasteiger partial charge is 0.143 e. The van der Waals surface area contributed by atoms with Crippen molar-refractivity contribution in [1.29, 1.82) is 0 Å². The molecule has 1 aromatic heterocycles. The largest absolute Gasteiger partial charge is 0.455 e. The van der Waals surface area contributed by atoms with Crippen LogP contribution in [0.25, 0.3) is 88.0 Å². The second-order valence-electron chi connectivity index (χ2n) is 18.8. The van der Waals surface area contributed by atoms with Gasteiger partial charge in [0.1, 0.15) is 11.2 Å². The number of hydrogen-bond acceptors (Lipinski definition) is 2. The average molecular weight is 820 g/mol. The summed E-state index contributed by atoms with van der Waals surface area (Å²) >= 11 is 0. The number of hydrogen-bond donors (Lipinski definition) is 0. The van der Waals surface area contributed by atoms with Crippen LogP contribution in [0.5, 0.6) is 0 Å². The molecule has 0 atom stereocenters. The van der Waals surface area contributed by atoms with Crippen LogP contribution in [0.3, 0.4) is 0 Å². The van der Waals surface area contributed by atoms with E-state index >= 15 is 0 Å². The van der Waals surface area contributed by atoms with E-state index in [4.69, 9.17) is 4.42 Å². The Balaban J connectivity index is 1.01. The summed E-state index contributed by atoms with van der Waals surface area (Å²) in [7, 11) is 0. The topological polar surface area (TPSA) is 16.4 Å². The maximum Gasteiger partial charge on any atom is 0.143 e. The van der Waals surface area contributed by atoms with E-state index < -0.39 is 0 Å². The van der Waals surface area contributed by atoms with Crippen LogP contribution in [0.2, 0.25) is 0 Å². The van der Waals surface area contributed by atoms with Gasteiger partial charge in [-0.1, -0.05) is 185 Å². The number of benzene rings is 10. The Kier molecular flexibility index (Phi) is 7.74. The van der Waals surface area contributed by atoms with Crippen LogP contribution in [-0.4, -0.2) is 0 Å². The molecule has 11 aromatic rings. The Bertz CT molecular complexity index is 3610. The van der Waals surface area contributed by atoms with Gasteiger partial charge in [0, 0.05) is 49.6 Å². The van der Waals surface area contributed by atoms with Crippen LogP contribution in [0.15, 0.2) is 205 Å². The quantitative estimate of drug-likeness (QED) is 0.161. The number of nitrogens with zero attached hydrogens (tertiary/aromatic N) is 1. The zero-order valence-corrected chi connectivity index (χ0v) is 36.4. The summed E-state index contributed by atoms with van der Waals surface area (Å²) in [4.78, 5) is 2.45. The highest BCUT2D eigenvalue weighted by atomic mass is 16.3. The molecule has 0 saturated carbocycles. The minimum absolute atomic E-state index is 0.125.